The molecule has 15 heavy (non-hydrogen) atoms. The third kappa shape index (κ3) is 1.81. The Morgan fingerprint density at radius 2 is 1.80 bits per heavy atom. The summed E-state index contributed by atoms with van der Waals surface area (Å²) in [5, 5.41) is 0. The molecule has 0 spiro atoms. The first kappa shape index (κ1) is 11.7. The van der Waals surface area contributed by atoms with Gasteiger partial charge in [0.15, 0.2) is 0 Å². The van der Waals surface area contributed by atoms with Crippen LogP contribution >= 0.6 is 0 Å². The minimum Gasteiger partial charge on any atom is -0.306 e. The summed E-state index contributed by atoms with van der Waals surface area (Å²) in [6.07, 6.45) is 15.3. The molecule has 0 nitrogen and oxygen atoms in total. The molecule has 0 aromatic carbocycles. The van der Waals surface area contributed by atoms with Gasteiger partial charge in [-0.15, -0.1) is 12.0 Å². The van der Waals surface area contributed by atoms with Crippen LogP contribution in [0.3, 0.4) is 0 Å². The van der Waals surface area contributed by atoms with Crippen molar-refractivity contribution < 1.29 is 21.7 Å². The number of hydrogen-bond donors (Lipinski definition) is 0. The van der Waals surface area contributed by atoms with Crippen molar-refractivity contribution in [2.24, 2.45) is 23.7 Å². The molecule has 4 atom stereocenters. The van der Waals surface area contributed by atoms with Crippen molar-refractivity contribution in [1.82, 2.24) is 0 Å². The van der Waals surface area contributed by atoms with E-state index in [1.165, 1.54) is 25.7 Å². The molecule has 0 bridgehead atoms. The predicted octanol–water partition coefficient (Wildman–Crippen LogP) is 3.76. The van der Waals surface area contributed by atoms with Crippen LogP contribution in [0.15, 0.2) is 24.3 Å². The van der Waals surface area contributed by atoms with E-state index in [9.17, 15) is 0 Å². The van der Waals surface area contributed by atoms with Gasteiger partial charge in [0, 0.05) is 21.7 Å². The second-order valence-electron chi connectivity index (χ2n) is 5.17. The van der Waals surface area contributed by atoms with Crippen LogP contribution in [0.1, 0.15) is 32.6 Å². The van der Waals surface area contributed by atoms with E-state index < -0.39 is 0 Å². The van der Waals surface area contributed by atoms with Crippen LogP contribution in [-0.2, 0) is 21.7 Å². The summed E-state index contributed by atoms with van der Waals surface area (Å²) in [7, 11) is 0. The summed E-state index contributed by atoms with van der Waals surface area (Å²) in [4.78, 5) is 0. The molecule has 1 heteroatoms. The molecule has 0 heterocycles. The number of rotatable bonds is 0. The van der Waals surface area contributed by atoms with Crippen molar-refractivity contribution >= 4 is 0 Å². The maximum atomic E-state index is 2.46. The molecule has 2 saturated carbocycles. The average molecular weight is 235 g/mol. The Labute approximate surface area is 108 Å². The first-order valence-electron chi connectivity index (χ1n) is 6.06. The van der Waals surface area contributed by atoms with Gasteiger partial charge in [0.1, 0.15) is 0 Å². The zero-order valence-corrected chi connectivity index (χ0v) is 11.0. The van der Waals surface area contributed by atoms with E-state index in [2.05, 4.69) is 31.2 Å². The molecule has 4 unspecified atom stereocenters. The maximum Gasteiger partial charge on any atom is 0 e. The smallest absolute Gasteiger partial charge is 0 e. The Morgan fingerprint density at radius 1 is 1.07 bits per heavy atom. The molecule has 0 aromatic rings. The van der Waals surface area contributed by atoms with E-state index in [1.54, 1.807) is 5.92 Å². The largest absolute Gasteiger partial charge is 0.306 e. The van der Waals surface area contributed by atoms with Crippen molar-refractivity contribution in [3.05, 3.63) is 30.2 Å². The van der Waals surface area contributed by atoms with Crippen LogP contribution < -0.4 is 0 Å². The molecule has 0 N–H and O–H groups in total. The van der Waals surface area contributed by atoms with Crippen molar-refractivity contribution in [2.45, 2.75) is 32.6 Å². The van der Waals surface area contributed by atoms with Gasteiger partial charge < -0.3 is 5.92 Å². The number of allylic oxidation sites excluding steroid dienone is 4. The van der Waals surface area contributed by atoms with Gasteiger partial charge in [-0.2, -0.15) is 12.8 Å². The molecule has 0 aliphatic heterocycles. The molecule has 0 amide bonds. The SMILES string of the molecule is C[C-]1C2C=CC=CC2C2CCCCC12.[Ti]. The topological polar surface area (TPSA) is 0 Å². The van der Waals surface area contributed by atoms with Crippen LogP contribution in [0.5, 0.6) is 0 Å². The van der Waals surface area contributed by atoms with Gasteiger partial charge in [0.25, 0.3) is 0 Å². The second-order valence-corrected chi connectivity index (χ2v) is 5.17. The molecule has 0 saturated heterocycles. The van der Waals surface area contributed by atoms with Gasteiger partial charge in [-0.1, -0.05) is 49.8 Å². The van der Waals surface area contributed by atoms with E-state index in [0.717, 1.165) is 23.7 Å². The summed E-state index contributed by atoms with van der Waals surface area (Å²) < 4.78 is 0. The average Bonchev–Trinajstić information content (AvgIpc) is 2.55. The summed E-state index contributed by atoms with van der Waals surface area (Å²) in [5.74, 6) is 5.35. The Kier molecular flexibility index (Phi) is 3.57. The molecule has 3 aliphatic carbocycles. The molecular weight excluding hydrogens is 216 g/mol. The second kappa shape index (κ2) is 4.59. The van der Waals surface area contributed by atoms with Gasteiger partial charge in [-0.05, 0) is 5.92 Å². The summed E-state index contributed by atoms with van der Waals surface area (Å²) in [5.41, 5.74) is 0. The van der Waals surface area contributed by atoms with Crippen LogP contribution in [0, 0.1) is 29.6 Å². The van der Waals surface area contributed by atoms with Gasteiger partial charge in [-0.25, -0.2) is 0 Å². The third-order valence-electron chi connectivity index (χ3n) is 4.60. The Morgan fingerprint density at radius 3 is 2.67 bits per heavy atom. The zero-order chi connectivity index (χ0) is 9.54. The number of hydrogen-bond acceptors (Lipinski definition) is 0. The number of fused-ring (bicyclic) bond motifs is 3. The van der Waals surface area contributed by atoms with Crippen LogP contribution in [0.2, 0.25) is 0 Å². The van der Waals surface area contributed by atoms with Crippen LogP contribution in [0.25, 0.3) is 0 Å². The standard InChI is InChI=1S/C14H19.Ti/c1-10-11-6-2-4-8-13(11)14-9-5-3-7-12(10)14;/h2,4,6,8,11-14H,3,5,7,9H2,1H3;/q-1;. The molecule has 80 valence electrons. The Bertz CT molecular complexity index is 279. The van der Waals surface area contributed by atoms with Gasteiger partial charge in [-0.3, -0.25) is 0 Å². The fraction of sp³-hybridized carbons (Fsp3) is 0.643. The van der Waals surface area contributed by atoms with Gasteiger partial charge in [0.05, 0.1) is 0 Å². The first-order valence-corrected chi connectivity index (χ1v) is 6.06. The fourth-order valence-electron chi connectivity index (χ4n) is 3.92. The molecule has 0 radical (unpaired) electrons. The summed E-state index contributed by atoms with van der Waals surface area (Å²) in [6, 6.07) is 0. The molecular formula is C14H19Ti-. The van der Waals surface area contributed by atoms with Gasteiger partial charge in [0.2, 0.25) is 0 Å². The Hall–Kier alpha value is 0.194. The van der Waals surface area contributed by atoms with E-state index in [4.69, 9.17) is 0 Å². The monoisotopic (exact) mass is 235 g/mol. The Balaban J connectivity index is 0.000000853. The van der Waals surface area contributed by atoms with E-state index >= 15 is 0 Å². The summed E-state index contributed by atoms with van der Waals surface area (Å²) in [6.45, 7) is 2.40. The maximum absolute atomic E-state index is 2.46. The summed E-state index contributed by atoms with van der Waals surface area (Å²) >= 11 is 0. The van der Waals surface area contributed by atoms with Crippen molar-refractivity contribution in [2.75, 3.05) is 0 Å². The molecule has 0 aromatic heterocycles. The minimum atomic E-state index is 0. The van der Waals surface area contributed by atoms with Gasteiger partial charge >= 0.3 is 0 Å². The van der Waals surface area contributed by atoms with Crippen molar-refractivity contribution in [1.29, 1.82) is 0 Å². The predicted molar refractivity (Wildman–Crippen MR) is 59.6 cm³/mol. The minimum absolute atomic E-state index is 0. The van der Waals surface area contributed by atoms with Crippen molar-refractivity contribution in [3.63, 3.8) is 0 Å². The van der Waals surface area contributed by atoms with E-state index in [-0.39, 0.29) is 21.7 Å². The molecule has 2 fully saturated rings. The van der Waals surface area contributed by atoms with E-state index in [1.807, 2.05) is 0 Å². The van der Waals surface area contributed by atoms with E-state index in [0.29, 0.717) is 0 Å². The molecule has 3 aliphatic rings. The van der Waals surface area contributed by atoms with Crippen molar-refractivity contribution in [3.8, 4) is 0 Å². The third-order valence-corrected chi connectivity index (χ3v) is 4.60. The molecule has 3 rings (SSSR count). The van der Waals surface area contributed by atoms with Crippen LogP contribution in [-0.4, -0.2) is 0 Å². The zero-order valence-electron chi connectivity index (χ0n) is 9.45. The van der Waals surface area contributed by atoms with Crippen LogP contribution in [0.4, 0.5) is 0 Å². The quantitative estimate of drug-likeness (QED) is 0.443. The normalized spacial score (nSPS) is 43.3. The fourth-order valence-corrected chi connectivity index (χ4v) is 3.92. The first-order chi connectivity index (χ1) is 6.88.